The molecule has 6 heteroatoms. The van der Waals surface area contributed by atoms with Crippen molar-refractivity contribution in [2.24, 2.45) is 0 Å². The number of hydrogen-bond donors (Lipinski definition) is 0. The number of unbranched alkanes of at least 4 members (excludes halogenated alkanes) is 18. The highest BCUT2D eigenvalue weighted by Gasteiger charge is 2.09. The molecule has 0 fully saturated rings. The molecule has 0 aromatic heterocycles. The maximum Gasteiger partial charge on any atom is 0.217 e. The summed E-state index contributed by atoms with van der Waals surface area (Å²) in [6.07, 6.45) is 31.9. The molecule has 196 valence electrons. The van der Waals surface area contributed by atoms with Crippen molar-refractivity contribution in [1.82, 2.24) is 0 Å². The summed E-state index contributed by atoms with van der Waals surface area (Å²) in [4.78, 5) is 0. The zero-order valence-electron chi connectivity index (χ0n) is 22.0. The van der Waals surface area contributed by atoms with Gasteiger partial charge in [-0.1, -0.05) is 117 Å². The molecule has 0 aromatic carbocycles. The monoisotopic (exact) mass is 496 g/mol. The van der Waals surface area contributed by atoms with E-state index in [1.54, 1.807) is 0 Å². The van der Waals surface area contributed by atoms with Gasteiger partial charge in [0.25, 0.3) is 0 Å². The highest BCUT2D eigenvalue weighted by molar-refractivity contribution is 7.96. The van der Waals surface area contributed by atoms with E-state index in [4.69, 9.17) is 0 Å². The summed E-state index contributed by atoms with van der Waals surface area (Å²) in [5, 5.41) is 0. The summed E-state index contributed by atoms with van der Waals surface area (Å²) in [5.41, 5.74) is 0. The minimum Gasteiger partial charge on any atom is -0.726 e. The molecule has 0 bridgehead atoms. The van der Waals surface area contributed by atoms with Crippen molar-refractivity contribution >= 4 is 21.3 Å². The standard InChI is InChI=1S/C25H53S.CH4O4S/c1-4-6-8-10-12-14-16-18-20-22-24-26(3)25-23-21-19-17-15-13-11-9-7-5-2;1-5-6(2,3)4/h4-25H2,1-3H3;1H3,(H,2,3,4)/q+1;/p-1. The first-order valence-electron chi connectivity index (χ1n) is 13.5. The Morgan fingerprint density at radius 1 is 0.562 bits per heavy atom. The lowest BCUT2D eigenvalue weighted by atomic mass is 10.1. The summed E-state index contributed by atoms with van der Waals surface area (Å²) in [5.74, 6) is 3.02. The van der Waals surface area contributed by atoms with E-state index in [1.165, 1.54) is 140 Å². The normalized spacial score (nSPS) is 11.6. The molecule has 0 aliphatic rings. The molecule has 0 atom stereocenters. The van der Waals surface area contributed by atoms with E-state index < -0.39 is 10.4 Å². The van der Waals surface area contributed by atoms with Crippen LogP contribution >= 0.6 is 0 Å². The fourth-order valence-corrected chi connectivity index (χ4v) is 5.37. The van der Waals surface area contributed by atoms with E-state index in [-0.39, 0.29) is 0 Å². The van der Waals surface area contributed by atoms with Crippen LogP contribution in [0.5, 0.6) is 0 Å². The molecular formula is C26H56O4S2. The van der Waals surface area contributed by atoms with E-state index in [2.05, 4.69) is 24.3 Å². The molecule has 0 unspecified atom stereocenters. The van der Waals surface area contributed by atoms with E-state index in [0.29, 0.717) is 10.9 Å². The largest absolute Gasteiger partial charge is 0.726 e. The number of hydrogen-bond acceptors (Lipinski definition) is 4. The first-order chi connectivity index (χ1) is 15.4. The van der Waals surface area contributed by atoms with Crippen molar-refractivity contribution in [3.63, 3.8) is 0 Å². The topological polar surface area (TPSA) is 66.4 Å². The smallest absolute Gasteiger partial charge is 0.217 e. The van der Waals surface area contributed by atoms with Crippen LogP contribution in [0.2, 0.25) is 0 Å². The number of rotatable bonds is 23. The van der Waals surface area contributed by atoms with Crippen molar-refractivity contribution in [2.75, 3.05) is 24.9 Å². The molecule has 0 amide bonds. The lowest BCUT2D eigenvalue weighted by Gasteiger charge is -2.05. The van der Waals surface area contributed by atoms with Crippen LogP contribution in [0.1, 0.15) is 142 Å². The first kappa shape index (κ1) is 34.4. The third kappa shape index (κ3) is 34.8. The maximum absolute atomic E-state index is 9.22. The lowest BCUT2D eigenvalue weighted by molar-refractivity contribution is 0.314. The second kappa shape index (κ2) is 27.5. The molecule has 0 N–H and O–H groups in total. The minimum absolute atomic E-state index is 0.705. The maximum atomic E-state index is 9.22. The van der Waals surface area contributed by atoms with Crippen LogP contribution in [-0.2, 0) is 25.5 Å². The molecule has 32 heavy (non-hydrogen) atoms. The van der Waals surface area contributed by atoms with E-state index in [0.717, 1.165) is 7.11 Å². The van der Waals surface area contributed by atoms with Gasteiger partial charge in [-0.15, -0.1) is 0 Å². The zero-order valence-corrected chi connectivity index (χ0v) is 23.6. The third-order valence-electron chi connectivity index (χ3n) is 5.90. The van der Waals surface area contributed by atoms with Crippen LogP contribution in [0.3, 0.4) is 0 Å². The molecule has 0 aliphatic heterocycles. The molecule has 0 aromatic rings. The van der Waals surface area contributed by atoms with Crippen molar-refractivity contribution in [3.05, 3.63) is 0 Å². The average Bonchev–Trinajstić information content (AvgIpc) is 2.76. The Morgan fingerprint density at radius 3 is 1.00 bits per heavy atom. The predicted octanol–water partition coefficient (Wildman–Crippen LogP) is 8.17. The van der Waals surface area contributed by atoms with Crippen molar-refractivity contribution in [3.8, 4) is 0 Å². The molecule has 0 aliphatic carbocycles. The van der Waals surface area contributed by atoms with Gasteiger partial charge in [0.2, 0.25) is 10.4 Å². The summed E-state index contributed by atoms with van der Waals surface area (Å²) < 4.78 is 31.0. The summed E-state index contributed by atoms with van der Waals surface area (Å²) in [6.45, 7) is 4.61. The van der Waals surface area contributed by atoms with E-state index in [9.17, 15) is 13.0 Å². The molecule has 4 nitrogen and oxygen atoms in total. The Kier molecular flexibility index (Phi) is 29.5. The zero-order chi connectivity index (χ0) is 24.3. The van der Waals surface area contributed by atoms with Gasteiger partial charge in [-0.05, 0) is 36.6 Å². The molecule has 0 saturated carbocycles. The van der Waals surface area contributed by atoms with Gasteiger partial charge in [-0.25, -0.2) is 8.42 Å². The van der Waals surface area contributed by atoms with Gasteiger partial charge in [0.1, 0.15) is 11.5 Å². The molecule has 0 rings (SSSR count). The van der Waals surface area contributed by atoms with Crippen LogP contribution in [0.4, 0.5) is 0 Å². The fourth-order valence-electron chi connectivity index (χ4n) is 3.77. The van der Waals surface area contributed by atoms with Gasteiger partial charge in [0.15, 0.2) is 0 Å². The van der Waals surface area contributed by atoms with Crippen LogP contribution in [-0.4, -0.2) is 37.8 Å². The Hall–Kier alpha value is 0.220. The van der Waals surface area contributed by atoms with E-state index >= 15 is 0 Å². The summed E-state index contributed by atoms with van der Waals surface area (Å²) in [6, 6.07) is 0. The van der Waals surface area contributed by atoms with Gasteiger partial charge >= 0.3 is 0 Å². The summed E-state index contributed by atoms with van der Waals surface area (Å²) >= 11 is 0. The van der Waals surface area contributed by atoms with Gasteiger partial charge in [-0.2, -0.15) is 0 Å². The van der Waals surface area contributed by atoms with Crippen LogP contribution in [0, 0.1) is 0 Å². The highest BCUT2D eigenvalue weighted by atomic mass is 32.3. The molecule has 0 radical (unpaired) electrons. The minimum atomic E-state index is -4.41. The van der Waals surface area contributed by atoms with Gasteiger partial charge in [-0.3, -0.25) is 4.18 Å². The van der Waals surface area contributed by atoms with Crippen LogP contribution in [0.15, 0.2) is 0 Å². The predicted molar refractivity (Wildman–Crippen MR) is 143 cm³/mol. The molecule has 0 heterocycles. The van der Waals surface area contributed by atoms with Crippen molar-refractivity contribution in [1.29, 1.82) is 0 Å². The van der Waals surface area contributed by atoms with Gasteiger partial charge in [0, 0.05) is 0 Å². The Bertz CT molecular complexity index is 417. The summed E-state index contributed by atoms with van der Waals surface area (Å²) in [7, 11) is -2.90. The third-order valence-corrected chi connectivity index (χ3v) is 8.28. The Balaban J connectivity index is 0. The fraction of sp³-hybridized carbons (Fsp3) is 1.00. The Morgan fingerprint density at radius 2 is 0.781 bits per heavy atom. The quantitative estimate of drug-likeness (QED) is 0.0619. The highest BCUT2D eigenvalue weighted by Crippen LogP contribution is 2.13. The lowest BCUT2D eigenvalue weighted by Crippen LogP contribution is -2.10. The van der Waals surface area contributed by atoms with Crippen LogP contribution < -0.4 is 0 Å². The molecule has 0 spiro atoms. The first-order valence-corrected chi connectivity index (χ1v) is 16.8. The van der Waals surface area contributed by atoms with Crippen molar-refractivity contribution in [2.45, 2.75) is 142 Å². The average molecular weight is 497 g/mol. The Labute approximate surface area is 205 Å². The molecular weight excluding hydrogens is 440 g/mol. The second-order valence-corrected chi connectivity index (χ2v) is 12.7. The van der Waals surface area contributed by atoms with Crippen LogP contribution in [0.25, 0.3) is 0 Å². The SMILES string of the molecule is CCCCCCCCCCCC[S+](C)CCCCCCCCCCCC.COS(=O)(=O)[O-]. The second-order valence-electron chi connectivity index (χ2n) is 9.13. The molecule has 0 saturated heterocycles. The van der Waals surface area contributed by atoms with E-state index in [1.807, 2.05) is 0 Å². The van der Waals surface area contributed by atoms with Crippen molar-refractivity contribution < 1.29 is 17.2 Å². The van der Waals surface area contributed by atoms with Gasteiger partial charge in [0.05, 0.1) is 13.4 Å². The van der Waals surface area contributed by atoms with Gasteiger partial charge < -0.3 is 4.55 Å².